The Morgan fingerprint density at radius 1 is 1.29 bits per heavy atom. The minimum Gasteiger partial charge on any atom is -0.399 e. The molecule has 0 unspecified atom stereocenters. The summed E-state index contributed by atoms with van der Waals surface area (Å²) in [5, 5.41) is -0.145. The zero-order chi connectivity index (χ0) is 15.4. The lowest BCUT2D eigenvalue weighted by Crippen LogP contribution is -2.30. The number of nitrogens with two attached hydrogens (primary N) is 1. The van der Waals surface area contributed by atoms with Gasteiger partial charge in [-0.15, -0.1) is 0 Å². The predicted molar refractivity (Wildman–Crippen MR) is 82.7 cm³/mol. The summed E-state index contributed by atoms with van der Waals surface area (Å²) in [6.45, 7) is 2.74. The van der Waals surface area contributed by atoms with Crippen molar-refractivity contribution in [3.05, 3.63) is 64.4 Å². The molecule has 0 bridgehead atoms. The molecular formula is C16H16ClFN2O. The van der Waals surface area contributed by atoms with E-state index in [0.717, 1.165) is 5.56 Å². The molecule has 3 nitrogen and oxygen atoms in total. The second-order valence-electron chi connectivity index (χ2n) is 4.67. The molecule has 0 heterocycles. The molecule has 2 rings (SSSR count). The zero-order valence-electron chi connectivity index (χ0n) is 11.6. The number of amides is 1. The van der Waals surface area contributed by atoms with Crippen LogP contribution in [0.15, 0.2) is 42.5 Å². The van der Waals surface area contributed by atoms with Crippen LogP contribution < -0.4 is 5.73 Å². The topological polar surface area (TPSA) is 46.3 Å². The van der Waals surface area contributed by atoms with Gasteiger partial charge in [-0.25, -0.2) is 4.39 Å². The van der Waals surface area contributed by atoms with Crippen LogP contribution in [0, 0.1) is 5.82 Å². The molecule has 0 aliphatic rings. The fourth-order valence-electron chi connectivity index (χ4n) is 2.08. The highest BCUT2D eigenvalue weighted by molar-refractivity contribution is 6.34. The Balaban J connectivity index is 2.25. The van der Waals surface area contributed by atoms with Crippen molar-refractivity contribution in [2.45, 2.75) is 13.5 Å². The van der Waals surface area contributed by atoms with Crippen molar-refractivity contribution in [2.24, 2.45) is 0 Å². The third-order valence-electron chi connectivity index (χ3n) is 3.18. The van der Waals surface area contributed by atoms with Crippen molar-refractivity contribution in [3.8, 4) is 0 Å². The number of hydrogen-bond acceptors (Lipinski definition) is 2. The minimum absolute atomic E-state index is 0.145. The molecule has 2 aromatic carbocycles. The first-order valence-electron chi connectivity index (χ1n) is 6.60. The molecule has 0 radical (unpaired) electrons. The number of carbonyl (C=O) groups is 1. The summed E-state index contributed by atoms with van der Waals surface area (Å²) in [6.07, 6.45) is 0. The maximum Gasteiger partial charge on any atom is 0.255 e. The van der Waals surface area contributed by atoms with Gasteiger partial charge in [0.1, 0.15) is 5.82 Å². The molecule has 110 valence electrons. The van der Waals surface area contributed by atoms with Crippen LogP contribution >= 0.6 is 11.6 Å². The average Bonchev–Trinajstić information content (AvgIpc) is 2.47. The molecule has 5 heteroatoms. The van der Waals surface area contributed by atoms with Gasteiger partial charge in [-0.3, -0.25) is 4.79 Å². The maximum absolute atomic E-state index is 13.5. The summed E-state index contributed by atoms with van der Waals surface area (Å²) in [6, 6.07) is 11.5. The number of carbonyl (C=O) groups excluding carboxylic acids is 1. The lowest BCUT2D eigenvalue weighted by atomic mass is 10.1. The average molecular weight is 307 g/mol. The third-order valence-corrected chi connectivity index (χ3v) is 3.56. The van der Waals surface area contributed by atoms with E-state index in [1.54, 1.807) is 11.0 Å². The van der Waals surface area contributed by atoms with Crippen LogP contribution in [0.3, 0.4) is 0 Å². The summed E-state index contributed by atoms with van der Waals surface area (Å²) in [4.78, 5) is 14.1. The van der Waals surface area contributed by atoms with Crippen molar-refractivity contribution in [3.63, 3.8) is 0 Å². The van der Waals surface area contributed by atoms with Gasteiger partial charge < -0.3 is 10.6 Å². The van der Waals surface area contributed by atoms with Crippen LogP contribution in [0.2, 0.25) is 5.02 Å². The molecule has 0 fully saturated rings. The van der Waals surface area contributed by atoms with Gasteiger partial charge in [-0.05, 0) is 36.8 Å². The largest absolute Gasteiger partial charge is 0.399 e. The second kappa shape index (κ2) is 6.59. The summed E-state index contributed by atoms with van der Waals surface area (Å²) in [5.41, 5.74) is 7.45. The number of nitrogens with zero attached hydrogens (tertiary/aromatic N) is 1. The van der Waals surface area contributed by atoms with Gasteiger partial charge in [0, 0.05) is 18.8 Å². The smallest absolute Gasteiger partial charge is 0.255 e. The van der Waals surface area contributed by atoms with Gasteiger partial charge in [0.2, 0.25) is 0 Å². The van der Waals surface area contributed by atoms with Gasteiger partial charge in [0.25, 0.3) is 5.91 Å². The maximum atomic E-state index is 13.5. The van der Waals surface area contributed by atoms with E-state index in [1.807, 2.05) is 25.1 Å². The first-order chi connectivity index (χ1) is 10.0. The normalized spacial score (nSPS) is 10.4. The molecular weight excluding hydrogens is 291 g/mol. The molecule has 2 aromatic rings. The fraction of sp³-hybridized carbons (Fsp3) is 0.188. The lowest BCUT2D eigenvalue weighted by Gasteiger charge is -2.22. The summed E-state index contributed by atoms with van der Waals surface area (Å²) in [5.74, 6) is -0.896. The van der Waals surface area contributed by atoms with Crippen molar-refractivity contribution in [2.75, 3.05) is 12.3 Å². The standard InChI is InChI=1S/C16H16ClFN2O/c1-2-20(10-11-5-3-6-12(19)9-11)16(21)13-7-4-8-14(18)15(13)17/h3-9H,2,10,19H2,1H3. The van der Waals surface area contributed by atoms with E-state index in [0.29, 0.717) is 18.8 Å². The summed E-state index contributed by atoms with van der Waals surface area (Å²) >= 11 is 5.87. The van der Waals surface area contributed by atoms with Crippen LogP contribution in [-0.4, -0.2) is 17.4 Å². The fourth-order valence-corrected chi connectivity index (χ4v) is 2.29. The Morgan fingerprint density at radius 3 is 2.67 bits per heavy atom. The first-order valence-corrected chi connectivity index (χ1v) is 6.98. The molecule has 0 aliphatic heterocycles. The van der Waals surface area contributed by atoms with Gasteiger partial charge in [-0.2, -0.15) is 0 Å². The van der Waals surface area contributed by atoms with Crippen LogP contribution in [0.25, 0.3) is 0 Å². The molecule has 0 saturated carbocycles. The van der Waals surface area contributed by atoms with Crippen LogP contribution in [0.4, 0.5) is 10.1 Å². The summed E-state index contributed by atoms with van der Waals surface area (Å²) < 4.78 is 13.5. The summed E-state index contributed by atoms with van der Waals surface area (Å²) in [7, 11) is 0. The van der Waals surface area contributed by atoms with E-state index < -0.39 is 5.82 Å². The van der Waals surface area contributed by atoms with E-state index in [-0.39, 0.29) is 16.5 Å². The second-order valence-corrected chi connectivity index (χ2v) is 5.04. The Labute approximate surface area is 128 Å². The predicted octanol–water partition coefficient (Wildman–Crippen LogP) is 3.72. The molecule has 0 atom stereocenters. The van der Waals surface area contributed by atoms with Gasteiger partial charge in [0.05, 0.1) is 10.6 Å². The van der Waals surface area contributed by atoms with Gasteiger partial charge in [-0.1, -0.05) is 29.8 Å². The van der Waals surface area contributed by atoms with E-state index in [4.69, 9.17) is 17.3 Å². The lowest BCUT2D eigenvalue weighted by molar-refractivity contribution is 0.0752. The number of hydrogen-bond donors (Lipinski definition) is 1. The number of halogens is 2. The molecule has 0 aliphatic carbocycles. The molecule has 0 saturated heterocycles. The van der Waals surface area contributed by atoms with Crippen LogP contribution in [-0.2, 0) is 6.54 Å². The highest BCUT2D eigenvalue weighted by Crippen LogP contribution is 2.22. The van der Waals surface area contributed by atoms with Crippen LogP contribution in [0.1, 0.15) is 22.8 Å². The number of rotatable bonds is 4. The molecule has 2 N–H and O–H groups in total. The Kier molecular flexibility index (Phi) is 4.81. The van der Waals surface area contributed by atoms with Crippen molar-refractivity contribution in [1.82, 2.24) is 4.90 Å². The van der Waals surface area contributed by atoms with E-state index in [9.17, 15) is 9.18 Å². The number of anilines is 1. The van der Waals surface area contributed by atoms with E-state index >= 15 is 0 Å². The van der Waals surface area contributed by atoms with E-state index in [1.165, 1.54) is 18.2 Å². The molecule has 1 amide bonds. The molecule has 0 spiro atoms. The van der Waals surface area contributed by atoms with Crippen molar-refractivity contribution >= 4 is 23.2 Å². The van der Waals surface area contributed by atoms with Crippen LogP contribution in [0.5, 0.6) is 0 Å². The SMILES string of the molecule is CCN(Cc1cccc(N)c1)C(=O)c1cccc(F)c1Cl. The minimum atomic E-state index is -0.595. The Hall–Kier alpha value is -2.07. The Bertz CT molecular complexity index is 660. The van der Waals surface area contributed by atoms with E-state index in [2.05, 4.69) is 0 Å². The number of nitrogen functional groups attached to an aromatic ring is 1. The highest BCUT2D eigenvalue weighted by Gasteiger charge is 2.19. The monoisotopic (exact) mass is 306 g/mol. The van der Waals surface area contributed by atoms with Gasteiger partial charge >= 0.3 is 0 Å². The van der Waals surface area contributed by atoms with Crippen molar-refractivity contribution < 1.29 is 9.18 Å². The quantitative estimate of drug-likeness (QED) is 0.875. The van der Waals surface area contributed by atoms with Crippen molar-refractivity contribution in [1.29, 1.82) is 0 Å². The number of benzene rings is 2. The van der Waals surface area contributed by atoms with Gasteiger partial charge in [0.15, 0.2) is 0 Å². The first kappa shape index (κ1) is 15.3. The highest BCUT2D eigenvalue weighted by atomic mass is 35.5. The molecule has 21 heavy (non-hydrogen) atoms. The Morgan fingerprint density at radius 2 is 2.00 bits per heavy atom. The third kappa shape index (κ3) is 3.52. The zero-order valence-corrected chi connectivity index (χ0v) is 12.4. The molecule has 0 aromatic heterocycles.